The van der Waals surface area contributed by atoms with Crippen LogP contribution in [0.3, 0.4) is 0 Å². The molecule has 0 aliphatic heterocycles. The highest BCUT2D eigenvalue weighted by Gasteiger charge is 2.24. The summed E-state index contributed by atoms with van der Waals surface area (Å²) >= 11 is 5.85. The first kappa shape index (κ1) is 21.4. The molecule has 1 aliphatic carbocycles. The van der Waals surface area contributed by atoms with E-state index in [1.54, 1.807) is 12.3 Å². The number of benzene rings is 1. The first-order valence-electron chi connectivity index (χ1n) is 10.5. The molecule has 0 spiro atoms. The van der Waals surface area contributed by atoms with E-state index >= 15 is 0 Å². The van der Waals surface area contributed by atoms with Crippen molar-refractivity contribution in [3.05, 3.63) is 59.5 Å². The first-order chi connectivity index (χ1) is 16.0. The molecular weight excluding hydrogens is 455 g/mol. The minimum atomic E-state index is -0.720. The van der Waals surface area contributed by atoms with Crippen LogP contribution in [0.4, 0.5) is 24.8 Å². The molecule has 4 aromatic rings. The second-order valence-corrected chi connectivity index (χ2v) is 8.30. The van der Waals surface area contributed by atoms with Crippen molar-refractivity contribution in [2.24, 2.45) is 0 Å². The lowest BCUT2D eigenvalue weighted by Gasteiger charge is -2.31. The minimum Gasteiger partial charge on any atom is -0.367 e. The number of nitrogens with one attached hydrogen (secondary N) is 3. The number of aromatic amines is 1. The van der Waals surface area contributed by atoms with E-state index in [2.05, 4.69) is 35.6 Å². The number of nitrogens with zero attached hydrogens (tertiary/aromatic N) is 4. The Labute approximate surface area is 191 Å². The molecule has 170 valence electrons. The maximum atomic E-state index is 14.5. The van der Waals surface area contributed by atoms with Crippen molar-refractivity contribution >= 4 is 34.1 Å². The quantitative estimate of drug-likeness (QED) is 0.340. The molecule has 3 aromatic heterocycles. The Hall–Kier alpha value is -3.40. The summed E-state index contributed by atoms with van der Waals surface area (Å²) in [5, 5.41) is 6.96. The van der Waals surface area contributed by atoms with Gasteiger partial charge in [0.25, 0.3) is 0 Å². The zero-order chi connectivity index (χ0) is 22.9. The predicted octanol–water partition coefficient (Wildman–Crippen LogP) is 5.32. The summed E-state index contributed by atoms with van der Waals surface area (Å²) in [6.07, 6.45) is 7.53. The fraction of sp³-hybridized carbons (Fsp3) is 0.273. The van der Waals surface area contributed by atoms with Gasteiger partial charge in [-0.2, -0.15) is 0 Å². The molecule has 1 aromatic carbocycles. The topological polar surface area (TPSA) is 91.4 Å². The number of aromatic nitrogens is 5. The molecule has 0 amide bonds. The van der Waals surface area contributed by atoms with E-state index in [4.69, 9.17) is 11.6 Å². The van der Waals surface area contributed by atoms with Crippen molar-refractivity contribution in [1.82, 2.24) is 24.9 Å². The minimum absolute atomic E-state index is 0.0383. The Balaban J connectivity index is 1.36. The number of H-pyrrole nitrogens is 1. The second kappa shape index (κ2) is 8.86. The smallest absolute Gasteiger partial charge is 0.224 e. The third kappa shape index (κ3) is 4.56. The molecule has 7 nitrogen and oxygen atoms in total. The monoisotopic (exact) mass is 473 g/mol. The van der Waals surface area contributed by atoms with Crippen LogP contribution in [-0.4, -0.2) is 37.0 Å². The number of fused-ring (bicyclic) bond motifs is 1. The van der Waals surface area contributed by atoms with Gasteiger partial charge >= 0.3 is 0 Å². The van der Waals surface area contributed by atoms with Crippen LogP contribution in [0, 0.1) is 17.5 Å². The van der Waals surface area contributed by atoms with Crippen LogP contribution in [0.15, 0.2) is 36.8 Å². The Morgan fingerprint density at radius 2 is 1.82 bits per heavy atom. The van der Waals surface area contributed by atoms with Gasteiger partial charge in [-0.3, -0.25) is 0 Å². The van der Waals surface area contributed by atoms with Crippen molar-refractivity contribution in [1.29, 1.82) is 0 Å². The van der Waals surface area contributed by atoms with Crippen LogP contribution in [0.1, 0.15) is 25.7 Å². The molecule has 1 fully saturated rings. The summed E-state index contributed by atoms with van der Waals surface area (Å²) in [6, 6.07) is 3.81. The van der Waals surface area contributed by atoms with Crippen LogP contribution >= 0.6 is 11.6 Å². The van der Waals surface area contributed by atoms with Gasteiger partial charge in [0.15, 0.2) is 17.5 Å². The molecule has 0 radical (unpaired) electrons. The number of hydrogen-bond donors (Lipinski definition) is 3. The summed E-state index contributed by atoms with van der Waals surface area (Å²) in [5.41, 5.74) is 0.523. The lowest BCUT2D eigenvalue weighted by molar-refractivity contribution is 0.424. The molecule has 0 saturated heterocycles. The van der Waals surface area contributed by atoms with E-state index in [0.717, 1.165) is 31.5 Å². The molecule has 33 heavy (non-hydrogen) atoms. The Bertz CT molecular complexity index is 1310. The highest BCUT2D eigenvalue weighted by Crippen LogP contribution is 2.30. The third-order valence-corrected chi connectivity index (χ3v) is 5.87. The van der Waals surface area contributed by atoms with E-state index < -0.39 is 17.5 Å². The lowest BCUT2D eigenvalue weighted by atomic mass is 9.91. The van der Waals surface area contributed by atoms with E-state index in [0.29, 0.717) is 17.8 Å². The van der Waals surface area contributed by atoms with E-state index in [1.807, 2.05) is 0 Å². The molecule has 0 unspecified atom stereocenters. The standard InChI is InChI=1S/C22H19ClF3N7/c23-22-27-5-4-18(32-22)30-12-2-1-3-13(8-12)31-21-17(26)10-29-20(33-21)15-9-28-19-14(15)6-11(24)7-16(19)25/h4-7,9-10,12-13,28H,1-3,8H2,(H,27,30,32)(H,29,31,33)/t12-,13+/m1/s1. The fourth-order valence-electron chi connectivity index (χ4n) is 4.21. The zero-order valence-corrected chi connectivity index (χ0v) is 18.0. The van der Waals surface area contributed by atoms with Gasteiger partial charge in [-0.25, -0.2) is 33.1 Å². The fourth-order valence-corrected chi connectivity index (χ4v) is 4.36. The van der Waals surface area contributed by atoms with Crippen molar-refractivity contribution in [3.8, 4) is 11.4 Å². The second-order valence-electron chi connectivity index (χ2n) is 7.96. The van der Waals surface area contributed by atoms with Crippen LogP contribution in [0.2, 0.25) is 5.28 Å². The van der Waals surface area contributed by atoms with Crippen molar-refractivity contribution in [2.45, 2.75) is 37.8 Å². The normalized spacial score (nSPS) is 18.4. The zero-order valence-electron chi connectivity index (χ0n) is 17.2. The van der Waals surface area contributed by atoms with Gasteiger partial charge in [-0.1, -0.05) is 0 Å². The number of anilines is 2. The number of rotatable bonds is 5. The first-order valence-corrected chi connectivity index (χ1v) is 10.8. The van der Waals surface area contributed by atoms with E-state index in [-0.39, 0.29) is 39.9 Å². The molecule has 1 saturated carbocycles. The van der Waals surface area contributed by atoms with Gasteiger partial charge in [0, 0.05) is 41.5 Å². The Morgan fingerprint density at radius 1 is 1.00 bits per heavy atom. The van der Waals surface area contributed by atoms with E-state index in [9.17, 15) is 13.2 Å². The van der Waals surface area contributed by atoms with E-state index in [1.165, 1.54) is 12.3 Å². The predicted molar refractivity (Wildman–Crippen MR) is 120 cm³/mol. The molecule has 0 bridgehead atoms. The van der Waals surface area contributed by atoms with Crippen molar-refractivity contribution in [2.75, 3.05) is 10.6 Å². The number of hydrogen-bond acceptors (Lipinski definition) is 6. The summed E-state index contributed by atoms with van der Waals surface area (Å²) in [5.74, 6) is -1.20. The molecule has 3 heterocycles. The summed E-state index contributed by atoms with van der Waals surface area (Å²) < 4.78 is 42.3. The van der Waals surface area contributed by atoms with Crippen LogP contribution in [0.25, 0.3) is 22.3 Å². The van der Waals surface area contributed by atoms with Crippen LogP contribution in [-0.2, 0) is 0 Å². The molecule has 3 N–H and O–H groups in total. The molecule has 2 atom stereocenters. The highest BCUT2D eigenvalue weighted by molar-refractivity contribution is 6.28. The summed E-state index contributed by atoms with van der Waals surface area (Å²) in [7, 11) is 0. The van der Waals surface area contributed by atoms with Crippen LogP contribution in [0.5, 0.6) is 0 Å². The largest absolute Gasteiger partial charge is 0.367 e. The number of halogens is 4. The average molecular weight is 474 g/mol. The Kier molecular flexibility index (Phi) is 5.76. The summed E-state index contributed by atoms with van der Waals surface area (Å²) in [6.45, 7) is 0. The van der Waals surface area contributed by atoms with Crippen LogP contribution < -0.4 is 10.6 Å². The maximum absolute atomic E-state index is 14.5. The van der Waals surface area contributed by atoms with Gasteiger partial charge in [-0.05, 0) is 49.4 Å². The SMILES string of the molecule is Fc1cc(F)c2[nH]cc(-c3ncc(F)c(N[C@H]4CCC[C@@H](Nc5ccnc(Cl)n5)C4)n3)c2c1. The third-order valence-electron chi connectivity index (χ3n) is 5.68. The van der Waals surface area contributed by atoms with Gasteiger partial charge in [0.1, 0.15) is 17.5 Å². The lowest BCUT2D eigenvalue weighted by Crippen LogP contribution is -2.35. The van der Waals surface area contributed by atoms with Gasteiger partial charge < -0.3 is 15.6 Å². The molecule has 5 rings (SSSR count). The average Bonchev–Trinajstić information content (AvgIpc) is 3.20. The van der Waals surface area contributed by atoms with Crippen molar-refractivity contribution in [3.63, 3.8) is 0 Å². The van der Waals surface area contributed by atoms with Gasteiger partial charge in [0.05, 0.1) is 11.7 Å². The Morgan fingerprint density at radius 3 is 2.64 bits per heavy atom. The molecule has 11 heteroatoms. The molecular formula is C22H19ClF3N7. The summed E-state index contributed by atoms with van der Waals surface area (Å²) in [4.78, 5) is 19.1. The maximum Gasteiger partial charge on any atom is 0.224 e. The van der Waals surface area contributed by atoms with Crippen molar-refractivity contribution < 1.29 is 13.2 Å². The highest BCUT2D eigenvalue weighted by atomic mass is 35.5. The van der Waals surface area contributed by atoms with Gasteiger partial charge in [0.2, 0.25) is 5.28 Å². The van der Waals surface area contributed by atoms with Gasteiger partial charge in [-0.15, -0.1) is 0 Å². The molecule has 1 aliphatic rings.